The summed E-state index contributed by atoms with van der Waals surface area (Å²) in [5.74, 6) is 0. The molecule has 0 bridgehead atoms. The maximum Gasteiger partial charge on any atom is 0.0568 e. The monoisotopic (exact) mass is 288 g/mol. The van der Waals surface area contributed by atoms with E-state index in [-0.39, 0.29) is 5.41 Å². The maximum atomic E-state index is 5.78. The molecule has 0 spiro atoms. The summed E-state index contributed by atoms with van der Waals surface area (Å²) in [6.07, 6.45) is 10.5. The summed E-state index contributed by atoms with van der Waals surface area (Å²) in [6.45, 7) is 5.25. The van der Waals surface area contributed by atoms with Gasteiger partial charge in [-0.25, -0.2) is 0 Å². The first kappa shape index (κ1) is 19.8. The second-order valence-electron chi connectivity index (χ2n) is 5.87. The summed E-state index contributed by atoms with van der Waals surface area (Å²) in [5.41, 5.74) is 11.4. The van der Waals surface area contributed by atoms with Gasteiger partial charge in [0.25, 0.3) is 0 Å². The smallest absolute Gasteiger partial charge is 0.0568 e. The van der Waals surface area contributed by atoms with E-state index in [4.69, 9.17) is 20.9 Å². The van der Waals surface area contributed by atoms with Gasteiger partial charge in [-0.2, -0.15) is 0 Å². The molecule has 0 aromatic heterocycles. The molecule has 0 fully saturated rings. The second-order valence-corrected chi connectivity index (χ2v) is 5.87. The van der Waals surface area contributed by atoms with Gasteiger partial charge >= 0.3 is 0 Å². The van der Waals surface area contributed by atoms with Crippen molar-refractivity contribution in [3.8, 4) is 0 Å². The zero-order chi connectivity index (χ0) is 15.1. The lowest BCUT2D eigenvalue weighted by atomic mass is 9.90. The number of hydrogen-bond acceptors (Lipinski definition) is 4. The van der Waals surface area contributed by atoms with Gasteiger partial charge in [0, 0.05) is 32.2 Å². The third-order valence-corrected chi connectivity index (χ3v) is 3.87. The van der Waals surface area contributed by atoms with Gasteiger partial charge in [-0.15, -0.1) is 0 Å². The summed E-state index contributed by atoms with van der Waals surface area (Å²) >= 11 is 0. The molecule has 4 nitrogen and oxygen atoms in total. The molecule has 0 aromatic rings. The van der Waals surface area contributed by atoms with E-state index in [0.29, 0.717) is 26.3 Å². The number of ether oxygens (including phenoxy) is 2. The summed E-state index contributed by atoms with van der Waals surface area (Å²) in [4.78, 5) is 0. The maximum absolute atomic E-state index is 5.78. The molecule has 0 aliphatic rings. The molecule has 20 heavy (non-hydrogen) atoms. The third kappa shape index (κ3) is 9.70. The van der Waals surface area contributed by atoms with Crippen molar-refractivity contribution >= 4 is 0 Å². The predicted octanol–water partition coefficient (Wildman–Crippen LogP) is 2.69. The van der Waals surface area contributed by atoms with Crippen molar-refractivity contribution < 1.29 is 9.47 Å². The highest BCUT2D eigenvalue weighted by molar-refractivity contribution is 4.81. The quantitative estimate of drug-likeness (QED) is 0.455. The normalized spacial score (nSPS) is 12.0. The first-order valence-electron chi connectivity index (χ1n) is 8.21. The molecule has 122 valence electrons. The Kier molecular flexibility index (Phi) is 13.7. The first-order chi connectivity index (χ1) is 9.74. The lowest BCUT2D eigenvalue weighted by molar-refractivity contribution is 0.000740. The van der Waals surface area contributed by atoms with Gasteiger partial charge in [-0.3, -0.25) is 0 Å². The minimum absolute atomic E-state index is 0.213. The molecule has 0 unspecified atom stereocenters. The molecule has 0 saturated carbocycles. The number of methoxy groups -OCH3 is 1. The van der Waals surface area contributed by atoms with Crippen LogP contribution < -0.4 is 11.5 Å². The standard InChI is InChI=1S/C16H36N2O2/c1-3-4-5-6-7-8-9-10-11-20-15-16(12-17,13-18)14-19-2/h3-15,17-18H2,1-2H3. The summed E-state index contributed by atoms with van der Waals surface area (Å²) < 4.78 is 10.9. The summed E-state index contributed by atoms with van der Waals surface area (Å²) in [6, 6.07) is 0. The van der Waals surface area contributed by atoms with Gasteiger partial charge in [-0.1, -0.05) is 51.9 Å². The SMILES string of the molecule is CCCCCCCCCCOCC(CN)(CN)COC. The number of unbranched alkanes of at least 4 members (excludes halogenated alkanes) is 7. The Morgan fingerprint density at radius 2 is 1.35 bits per heavy atom. The molecule has 0 radical (unpaired) electrons. The van der Waals surface area contributed by atoms with E-state index in [1.54, 1.807) is 7.11 Å². The van der Waals surface area contributed by atoms with Crippen molar-refractivity contribution in [1.82, 2.24) is 0 Å². The fourth-order valence-corrected chi connectivity index (χ4v) is 2.29. The Morgan fingerprint density at radius 3 is 1.85 bits per heavy atom. The largest absolute Gasteiger partial charge is 0.384 e. The molecule has 0 atom stereocenters. The van der Waals surface area contributed by atoms with Crippen LogP contribution in [0.5, 0.6) is 0 Å². The first-order valence-corrected chi connectivity index (χ1v) is 8.21. The number of rotatable bonds is 15. The Morgan fingerprint density at radius 1 is 0.800 bits per heavy atom. The molecule has 0 amide bonds. The van der Waals surface area contributed by atoms with Gasteiger partial charge in [0.15, 0.2) is 0 Å². The van der Waals surface area contributed by atoms with Crippen molar-refractivity contribution in [2.24, 2.45) is 16.9 Å². The molecule has 0 rings (SSSR count). The Bertz CT molecular complexity index is 197. The van der Waals surface area contributed by atoms with Crippen LogP contribution in [0.25, 0.3) is 0 Å². The van der Waals surface area contributed by atoms with E-state index < -0.39 is 0 Å². The van der Waals surface area contributed by atoms with E-state index >= 15 is 0 Å². The van der Waals surface area contributed by atoms with Crippen LogP contribution in [0.2, 0.25) is 0 Å². The van der Waals surface area contributed by atoms with Crippen LogP contribution in [0.3, 0.4) is 0 Å². The zero-order valence-electron chi connectivity index (χ0n) is 13.7. The minimum atomic E-state index is -0.213. The van der Waals surface area contributed by atoms with E-state index in [9.17, 15) is 0 Å². The molecule has 0 saturated heterocycles. The lowest BCUT2D eigenvalue weighted by Crippen LogP contribution is -2.45. The van der Waals surface area contributed by atoms with Crippen LogP contribution in [0, 0.1) is 5.41 Å². The number of hydrogen-bond donors (Lipinski definition) is 2. The second kappa shape index (κ2) is 13.8. The topological polar surface area (TPSA) is 70.5 Å². The Labute approximate surface area is 125 Å². The van der Waals surface area contributed by atoms with Crippen LogP contribution in [-0.4, -0.2) is 40.0 Å². The van der Waals surface area contributed by atoms with Crippen LogP contribution >= 0.6 is 0 Å². The molecular weight excluding hydrogens is 252 g/mol. The van der Waals surface area contributed by atoms with Crippen molar-refractivity contribution in [3.05, 3.63) is 0 Å². The average Bonchev–Trinajstić information content (AvgIpc) is 2.48. The minimum Gasteiger partial charge on any atom is -0.384 e. The van der Waals surface area contributed by atoms with E-state index in [0.717, 1.165) is 13.0 Å². The molecule has 0 aliphatic heterocycles. The molecule has 0 heterocycles. The molecule has 4 heteroatoms. The van der Waals surface area contributed by atoms with Crippen LogP contribution in [0.1, 0.15) is 58.3 Å². The highest BCUT2D eigenvalue weighted by atomic mass is 16.5. The highest BCUT2D eigenvalue weighted by Crippen LogP contribution is 2.15. The lowest BCUT2D eigenvalue weighted by Gasteiger charge is -2.29. The van der Waals surface area contributed by atoms with Crippen molar-refractivity contribution in [3.63, 3.8) is 0 Å². The zero-order valence-corrected chi connectivity index (χ0v) is 13.7. The van der Waals surface area contributed by atoms with Gasteiger partial charge < -0.3 is 20.9 Å². The fraction of sp³-hybridized carbons (Fsp3) is 1.00. The highest BCUT2D eigenvalue weighted by Gasteiger charge is 2.27. The van der Waals surface area contributed by atoms with Gasteiger partial charge in [0.1, 0.15) is 0 Å². The van der Waals surface area contributed by atoms with Crippen molar-refractivity contribution in [2.75, 3.05) is 40.0 Å². The van der Waals surface area contributed by atoms with Crippen molar-refractivity contribution in [2.45, 2.75) is 58.3 Å². The molecular formula is C16H36N2O2. The number of nitrogens with two attached hydrogens (primary N) is 2. The van der Waals surface area contributed by atoms with Crippen LogP contribution in [-0.2, 0) is 9.47 Å². The van der Waals surface area contributed by atoms with Gasteiger partial charge in [0.2, 0.25) is 0 Å². The average molecular weight is 288 g/mol. The summed E-state index contributed by atoms with van der Waals surface area (Å²) in [5, 5.41) is 0. The van der Waals surface area contributed by atoms with Crippen LogP contribution in [0.4, 0.5) is 0 Å². The van der Waals surface area contributed by atoms with Gasteiger partial charge in [-0.05, 0) is 6.42 Å². The van der Waals surface area contributed by atoms with E-state index in [1.165, 1.54) is 44.9 Å². The molecule has 4 N–H and O–H groups in total. The molecule has 0 aliphatic carbocycles. The molecule has 0 aromatic carbocycles. The van der Waals surface area contributed by atoms with Gasteiger partial charge in [0.05, 0.1) is 13.2 Å². The van der Waals surface area contributed by atoms with Crippen molar-refractivity contribution in [1.29, 1.82) is 0 Å². The predicted molar refractivity (Wildman–Crippen MR) is 85.8 cm³/mol. The van der Waals surface area contributed by atoms with E-state index in [2.05, 4.69) is 6.92 Å². The Hall–Kier alpha value is -0.160. The summed E-state index contributed by atoms with van der Waals surface area (Å²) in [7, 11) is 1.68. The fourth-order valence-electron chi connectivity index (χ4n) is 2.29. The third-order valence-electron chi connectivity index (χ3n) is 3.87. The van der Waals surface area contributed by atoms with E-state index in [1.807, 2.05) is 0 Å². The Balaban J connectivity index is 3.45. The van der Waals surface area contributed by atoms with Crippen LogP contribution in [0.15, 0.2) is 0 Å².